The van der Waals surface area contributed by atoms with Crippen molar-refractivity contribution in [3.8, 4) is 5.75 Å². The first-order chi connectivity index (χ1) is 8.22. The zero-order valence-electron chi connectivity index (χ0n) is 10.1. The zero-order valence-corrected chi connectivity index (χ0v) is 10.1. The van der Waals surface area contributed by atoms with E-state index in [1.165, 1.54) is 0 Å². The van der Waals surface area contributed by atoms with Gasteiger partial charge in [-0.05, 0) is 37.1 Å². The number of oxime groups is 1. The van der Waals surface area contributed by atoms with Gasteiger partial charge in [-0.1, -0.05) is 18.5 Å². The molecule has 0 amide bonds. The van der Waals surface area contributed by atoms with Gasteiger partial charge in [-0.3, -0.25) is 4.79 Å². The Kier molecular flexibility index (Phi) is 5.20. The van der Waals surface area contributed by atoms with Crippen molar-refractivity contribution in [2.45, 2.75) is 26.2 Å². The summed E-state index contributed by atoms with van der Waals surface area (Å²) in [4.78, 5) is 11.9. The predicted octanol–water partition coefficient (Wildman–Crippen LogP) is 2.90. The topological polar surface area (TPSA) is 58.9 Å². The number of unbranched alkanes of at least 4 members (excludes halogenated alkanes) is 1. The molecule has 0 saturated carbocycles. The number of ether oxygens (including phenoxy) is 1. The van der Waals surface area contributed by atoms with E-state index in [0.29, 0.717) is 17.7 Å². The van der Waals surface area contributed by atoms with Crippen molar-refractivity contribution in [2.24, 2.45) is 5.16 Å². The number of nitrogens with zero attached hydrogens (tertiary/aromatic N) is 1. The Labute approximate surface area is 101 Å². The van der Waals surface area contributed by atoms with E-state index in [-0.39, 0.29) is 11.5 Å². The molecule has 4 heteroatoms. The molecule has 0 radical (unpaired) electrons. The first-order valence-electron chi connectivity index (χ1n) is 5.62. The number of hydrogen-bond donors (Lipinski definition) is 1. The molecule has 92 valence electrons. The van der Waals surface area contributed by atoms with Crippen LogP contribution in [0.15, 0.2) is 29.4 Å². The maximum Gasteiger partial charge on any atom is 0.210 e. The number of benzene rings is 1. The van der Waals surface area contributed by atoms with Crippen molar-refractivity contribution < 1.29 is 14.7 Å². The predicted molar refractivity (Wildman–Crippen MR) is 66.1 cm³/mol. The average Bonchev–Trinajstić information content (AvgIpc) is 2.39. The number of carbonyl (C=O) groups excluding carboxylic acids is 1. The second-order valence-electron chi connectivity index (χ2n) is 3.71. The Morgan fingerprint density at radius 2 is 2.00 bits per heavy atom. The minimum atomic E-state index is -0.233. The van der Waals surface area contributed by atoms with Crippen molar-refractivity contribution in [3.05, 3.63) is 29.8 Å². The molecule has 0 bridgehead atoms. The third kappa shape index (κ3) is 3.59. The van der Waals surface area contributed by atoms with Crippen molar-refractivity contribution in [2.75, 3.05) is 7.11 Å². The minimum absolute atomic E-state index is 0.206. The lowest BCUT2D eigenvalue weighted by molar-refractivity contribution is 0.105. The fourth-order valence-corrected chi connectivity index (χ4v) is 1.46. The summed E-state index contributed by atoms with van der Waals surface area (Å²) in [5, 5.41) is 11.9. The van der Waals surface area contributed by atoms with E-state index >= 15 is 0 Å². The van der Waals surface area contributed by atoms with Crippen LogP contribution in [0.5, 0.6) is 5.75 Å². The summed E-state index contributed by atoms with van der Waals surface area (Å²) in [7, 11) is 1.57. The number of ketones is 1. The highest BCUT2D eigenvalue weighted by atomic mass is 16.5. The van der Waals surface area contributed by atoms with E-state index in [4.69, 9.17) is 9.94 Å². The molecule has 1 aromatic rings. The van der Waals surface area contributed by atoms with Crippen molar-refractivity contribution in [1.82, 2.24) is 0 Å². The maximum absolute atomic E-state index is 11.9. The molecule has 0 aliphatic rings. The summed E-state index contributed by atoms with van der Waals surface area (Å²) in [6, 6.07) is 6.75. The number of carbonyl (C=O) groups is 1. The monoisotopic (exact) mass is 235 g/mol. The SMILES string of the molecule is CCCCC(=NO)C(=O)c1ccc(OC)cc1. The third-order valence-electron chi connectivity index (χ3n) is 2.50. The molecule has 0 atom stereocenters. The second-order valence-corrected chi connectivity index (χ2v) is 3.71. The van der Waals surface area contributed by atoms with E-state index in [9.17, 15) is 4.79 Å². The summed E-state index contributed by atoms with van der Waals surface area (Å²) in [5.41, 5.74) is 0.715. The first-order valence-corrected chi connectivity index (χ1v) is 5.62. The molecule has 17 heavy (non-hydrogen) atoms. The van der Waals surface area contributed by atoms with Gasteiger partial charge in [0.1, 0.15) is 11.5 Å². The second kappa shape index (κ2) is 6.68. The fourth-order valence-electron chi connectivity index (χ4n) is 1.46. The van der Waals surface area contributed by atoms with Crippen molar-refractivity contribution in [3.63, 3.8) is 0 Å². The molecule has 1 N–H and O–H groups in total. The normalized spacial score (nSPS) is 11.3. The lowest BCUT2D eigenvalue weighted by atomic mass is 10.0. The van der Waals surface area contributed by atoms with Crippen LogP contribution in [0.3, 0.4) is 0 Å². The van der Waals surface area contributed by atoms with Crippen LogP contribution < -0.4 is 4.74 Å². The van der Waals surface area contributed by atoms with Gasteiger partial charge in [0.2, 0.25) is 5.78 Å². The molecule has 0 saturated heterocycles. The third-order valence-corrected chi connectivity index (χ3v) is 2.50. The van der Waals surface area contributed by atoms with Gasteiger partial charge in [0.25, 0.3) is 0 Å². The Bertz CT molecular complexity index is 396. The van der Waals surface area contributed by atoms with Crippen molar-refractivity contribution >= 4 is 11.5 Å². The molecule has 0 aliphatic carbocycles. The smallest absolute Gasteiger partial charge is 0.210 e. The molecule has 1 rings (SSSR count). The molecule has 0 fully saturated rings. The highest BCUT2D eigenvalue weighted by Gasteiger charge is 2.14. The van der Waals surface area contributed by atoms with Gasteiger partial charge in [0.05, 0.1) is 7.11 Å². The standard InChI is InChI=1S/C13H17NO3/c1-3-4-5-12(14-16)13(15)10-6-8-11(17-2)9-7-10/h6-9,16H,3-5H2,1-2H3. The van der Waals surface area contributed by atoms with Gasteiger partial charge < -0.3 is 9.94 Å². The molecule has 1 aromatic carbocycles. The van der Waals surface area contributed by atoms with E-state index in [0.717, 1.165) is 12.8 Å². The fraction of sp³-hybridized carbons (Fsp3) is 0.385. The molecular weight excluding hydrogens is 218 g/mol. The van der Waals surface area contributed by atoms with Gasteiger partial charge in [0.15, 0.2) is 0 Å². The molecule has 0 unspecified atom stereocenters. The van der Waals surface area contributed by atoms with E-state index in [1.807, 2.05) is 6.92 Å². The highest BCUT2D eigenvalue weighted by molar-refractivity contribution is 6.45. The number of rotatable bonds is 6. The minimum Gasteiger partial charge on any atom is -0.497 e. The van der Waals surface area contributed by atoms with E-state index in [1.54, 1.807) is 31.4 Å². The van der Waals surface area contributed by atoms with Gasteiger partial charge in [0, 0.05) is 5.56 Å². The summed E-state index contributed by atoms with van der Waals surface area (Å²) in [5.74, 6) is 0.459. The number of methoxy groups -OCH3 is 1. The number of Topliss-reactive ketones (excluding diaryl/α,β-unsaturated/α-hetero) is 1. The summed E-state index contributed by atoms with van der Waals surface area (Å²) < 4.78 is 5.01. The zero-order chi connectivity index (χ0) is 12.7. The largest absolute Gasteiger partial charge is 0.497 e. The lowest BCUT2D eigenvalue weighted by Gasteiger charge is -2.04. The van der Waals surface area contributed by atoms with Gasteiger partial charge in [-0.15, -0.1) is 0 Å². The molecule has 0 aromatic heterocycles. The molecule has 0 heterocycles. The van der Waals surface area contributed by atoms with Crippen LogP contribution in [0.2, 0.25) is 0 Å². The van der Waals surface area contributed by atoms with Crippen LogP contribution in [0.1, 0.15) is 36.5 Å². The first kappa shape index (κ1) is 13.2. The van der Waals surface area contributed by atoms with Gasteiger partial charge >= 0.3 is 0 Å². The van der Waals surface area contributed by atoms with Gasteiger partial charge in [-0.25, -0.2) is 0 Å². The molecule has 4 nitrogen and oxygen atoms in total. The number of hydrogen-bond acceptors (Lipinski definition) is 4. The molecule has 0 aliphatic heterocycles. The Morgan fingerprint density at radius 3 is 2.47 bits per heavy atom. The van der Waals surface area contributed by atoms with Crippen LogP contribution in [0.25, 0.3) is 0 Å². The van der Waals surface area contributed by atoms with E-state index < -0.39 is 0 Å². The van der Waals surface area contributed by atoms with Crippen LogP contribution in [0, 0.1) is 0 Å². The van der Waals surface area contributed by atoms with Crippen LogP contribution in [-0.2, 0) is 0 Å². The Hall–Kier alpha value is -1.84. The lowest BCUT2D eigenvalue weighted by Crippen LogP contribution is -2.14. The Balaban J connectivity index is 2.79. The quantitative estimate of drug-likeness (QED) is 0.357. The van der Waals surface area contributed by atoms with E-state index in [2.05, 4.69) is 5.16 Å². The highest BCUT2D eigenvalue weighted by Crippen LogP contribution is 2.13. The maximum atomic E-state index is 11.9. The van der Waals surface area contributed by atoms with Crippen LogP contribution >= 0.6 is 0 Å². The van der Waals surface area contributed by atoms with Crippen molar-refractivity contribution in [1.29, 1.82) is 0 Å². The summed E-state index contributed by atoms with van der Waals surface area (Å²) in [6.45, 7) is 2.02. The molecular formula is C13H17NO3. The molecule has 0 spiro atoms. The van der Waals surface area contributed by atoms with Crippen LogP contribution in [-0.4, -0.2) is 23.8 Å². The van der Waals surface area contributed by atoms with Crippen LogP contribution in [0.4, 0.5) is 0 Å². The average molecular weight is 235 g/mol. The Morgan fingerprint density at radius 1 is 1.35 bits per heavy atom. The summed E-state index contributed by atoms with van der Waals surface area (Å²) >= 11 is 0. The summed E-state index contributed by atoms with van der Waals surface area (Å²) in [6.07, 6.45) is 2.29. The van der Waals surface area contributed by atoms with Gasteiger partial charge in [-0.2, -0.15) is 0 Å².